The van der Waals surface area contributed by atoms with Crippen LogP contribution in [-0.4, -0.2) is 33.0 Å². The van der Waals surface area contributed by atoms with E-state index >= 15 is 0 Å². The summed E-state index contributed by atoms with van der Waals surface area (Å²) in [5, 5.41) is 13.4. The normalized spacial score (nSPS) is 15.8. The Balaban J connectivity index is 1.57. The van der Waals surface area contributed by atoms with E-state index in [0.29, 0.717) is 21.6 Å². The number of thiocarbonyl (C=S) groups is 1. The average Bonchev–Trinajstić information content (AvgIpc) is 3.34. The van der Waals surface area contributed by atoms with E-state index in [-0.39, 0.29) is 17.2 Å². The zero-order valence-electron chi connectivity index (χ0n) is 16.4. The molecule has 1 atom stereocenters. The van der Waals surface area contributed by atoms with Gasteiger partial charge in [-0.05, 0) is 48.1 Å². The molecule has 0 aliphatic carbocycles. The molecule has 3 aromatic rings. The van der Waals surface area contributed by atoms with Crippen LogP contribution in [0.4, 0.5) is 0 Å². The summed E-state index contributed by atoms with van der Waals surface area (Å²) in [6.07, 6.45) is 1.61. The lowest BCUT2D eigenvalue weighted by molar-refractivity contribution is -0.145. The van der Waals surface area contributed by atoms with Gasteiger partial charge in [0, 0.05) is 18.1 Å². The molecule has 1 fully saturated rings. The largest absolute Gasteiger partial charge is 0.480 e. The Bertz CT molecular complexity index is 1240. The molecule has 1 aliphatic heterocycles. The lowest BCUT2D eigenvalue weighted by atomic mass is 10.0. The van der Waals surface area contributed by atoms with Crippen molar-refractivity contribution in [1.82, 2.24) is 10.2 Å². The van der Waals surface area contributed by atoms with Crippen LogP contribution in [0.2, 0.25) is 10.0 Å². The Morgan fingerprint density at radius 2 is 1.88 bits per heavy atom. The number of carbonyl (C=O) groups is 2. The molecule has 4 rings (SSSR count). The summed E-state index contributed by atoms with van der Waals surface area (Å²) in [4.78, 5) is 26.0. The Labute approximate surface area is 199 Å². The highest BCUT2D eigenvalue weighted by Gasteiger charge is 2.39. The quantitative estimate of drug-likeness (QED) is 0.376. The fourth-order valence-corrected chi connectivity index (χ4v) is 3.95. The second-order valence-electron chi connectivity index (χ2n) is 7.04. The van der Waals surface area contributed by atoms with Crippen molar-refractivity contribution in [3.8, 4) is 11.3 Å². The van der Waals surface area contributed by atoms with Crippen molar-refractivity contribution in [3.63, 3.8) is 0 Å². The van der Waals surface area contributed by atoms with Crippen LogP contribution in [-0.2, 0) is 16.0 Å². The van der Waals surface area contributed by atoms with Crippen molar-refractivity contribution in [2.75, 3.05) is 0 Å². The zero-order valence-corrected chi connectivity index (χ0v) is 18.7. The summed E-state index contributed by atoms with van der Waals surface area (Å²) in [6, 6.07) is 16.4. The molecule has 1 amide bonds. The maximum Gasteiger partial charge on any atom is 0.327 e. The fourth-order valence-electron chi connectivity index (χ4n) is 3.34. The molecule has 0 bridgehead atoms. The Morgan fingerprint density at radius 1 is 1.12 bits per heavy atom. The van der Waals surface area contributed by atoms with Gasteiger partial charge in [-0.1, -0.05) is 53.5 Å². The van der Waals surface area contributed by atoms with E-state index in [0.717, 1.165) is 16.0 Å². The predicted octanol–water partition coefficient (Wildman–Crippen LogP) is 5.01. The molecule has 2 aromatic carbocycles. The van der Waals surface area contributed by atoms with Crippen LogP contribution in [0.15, 0.2) is 70.8 Å². The first-order chi connectivity index (χ1) is 15.3. The number of benzene rings is 2. The summed E-state index contributed by atoms with van der Waals surface area (Å²) < 4.78 is 5.80. The second kappa shape index (κ2) is 9.16. The highest BCUT2D eigenvalue weighted by atomic mass is 35.5. The van der Waals surface area contributed by atoms with E-state index in [9.17, 15) is 14.7 Å². The second-order valence-corrected chi connectivity index (χ2v) is 8.24. The molecule has 1 aromatic heterocycles. The van der Waals surface area contributed by atoms with Gasteiger partial charge in [0.2, 0.25) is 0 Å². The molecule has 9 heteroatoms. The molecular formula is C23H16Cl2N2O4S. The van der Waals surface area contributed by atoms with E-state index < -0.39 is 17.9 Å². The number of hydrogen-bond donors (Lipinski definition) is 2. The minimum atomic E-state index is -1.15. The number of furan rings is 1. The Hall–Kier alpha value is -3.13. The van der Waals surface area contributed by atoms with Crippen LogP contribution in [0.3, 0.4) is 0 Å². The maximum absolute atomic E-state index is 13.0. The van der Waals surface area contributed by atoms with Gasteiger partial charge >= 0.3 is 5.97 Å². The monoisotopic (exact) mass is 486 g/mol. The van der Waals surface area contributed by atoms with Gasteiger partial charge in [0.25, 0.3) is 5.91 Å². The molecule has 32 heavy (non-hydrogen) atoms. The summed E-state index contributed by atoms with van der Waals surface area (Å²) in [6.45, 7) is 0. The van der Waals surface area contributed by atoms with Crippen molar-refractivity contribution >= 4 is 58.5 Å². The fraction of sp³-hybridized carbons (Fsp3) is 0.0870. The lowest BCUT2D eigenvalue weighted by Gasteiger charge is -2.22. The first-order valence-corrected chi connectivity index (χ1v) is 10.7. The van der Waals surface area contributed by atoms with E-state index in [1.54, 1.807) is 42.5 Å². The first-order valence-electron chi connectivity index (χ1n) is 9.51. The number of carboxylic acid groups (broad SMARTS) is 1. The molecular weight excluding hydrogens is 471 g/mol. The van der Waals surface area contributed by atoms with Crippen molar-refractivity contribution < 1.29 is 19.1 Å². The minimum Gasteiger partial charge on any atom is -0.480 e. The summed E-state index contributed by atoms with van der Waals surface area (Å²) >= 11 is 17.3. The van der Waals surface area contributed by atoms with E-state index in [1.807, 2.05) is 18.2 Å². The third-order valence-corrected chi connectivity index (χ3v) is 5.93. The number of rotatable bonds is 6. The van der Waals surface area contributed by atoms with Gasteiger partial charge in [-0.25, -0.2) is 4.79 Å². The van der Waals surface area contributed by atoms with Crippen molar-refractivity contribution in [2.24, 2.45) is 0 Å². The van der Waals surface area contributed by atoms with Crippen LogP contribution in [0.25, 0.3) is 17.4 Å². The van der Waals surface area contributed by atoms with Crippen molar-refractivity contribution in [2.45, 2.75) is 12.5 Å². The molecule has 2 N–H and O–H groups in total. The van der Waals surface area contributed by atoms with Gasteiger partial charge in [-0.15, -0.1) is 0 Å². The van der Waals surface area contributed by atoms with Crippen LogP contribution in [0.5, 0.6) is 0 Å². The maximum atomic E-state index is 13.0. The first kappa shape index (κ1) is 22.1. The number of hydrogen-bond acceptors (Lipinski definition) is 4. The standard InChI is InChI=1S/C23H16Cl2N2O4S/c24-16-8-6-14(11-17(16)25)20-9-7-15(31-20)12-18-21(28)27(23(32)26-18)19(22(29)30)10-13-4-2-1-3-5-13/h1-9,11-12,19H,10H2,(H,26,32)(H,29,30)/t19-/m1/s1. The van der Waals surface area contributed by atoms with Crippen LogP contribution in [0, 0.1) is 0 Å². The number of halogens is 2. The van der Waals surface area contributed by atoms with Crippen molar-refractivity contribution in [1.29, 1.82) is 0 Å². The SMILES string of the molecule is O=C(O)[C@@H](Cc1ccccc1)N1C(=O)C(=Cc2ccc(-c3ccc(Cl)c(Cl)c3)o2)NC1=S. The van der Waals surface area contributed by atoms with Gasteiger partial charge in [0.05, 0.1) is 10.0 Å². The highest BCUT2D eigenvalue weighted by molar-refractivity contribution is 7.80. The number of nitrogens with zero attached hydrogens (tertiary/aromatic N) is 1. The van der Waals surface area contributed by atoms with Gasteiger partial charge in [0.1, 0.15) is 23.3 Å². The third-order valence-electron chi connectivity index (χ3n) is 4.90. The molecule has 2 heterocycles. The Morgan fingerprint density at radius 3 is 2.56 bits per heavy atom. The van der Waals surface area contributed by atoms with Crippen LogP contribution in [0.1, 0.15) is 11.3 Å². The third kappa shape index (κ3) is 4.55. The molecule has 0 saturated carbocycles. The summed E-state index contributed by atoms with van der Waals surface area (Å²) in [5.41, 5.74) is 1.63. The van der Waals surface area contributed by atoms with Crippen LogP contribution >= 0.6 is 35.4 Å². The lowest BCUT2D eigenvalue weighted by Crippen LogP contribution is -2.46. The number of carboxylic acids is 1. The zero-order chi connectivity index (χ0) is 22.8. The summed E-state index contributed by atoms with van der Waals surface area (Å²) in [5.74, 6) is -0.757. The molecule has 0 unspecified atom stereocenters. The number of aliphatic carboxylic acids is 1. The predicted molar refractivity (Wildman–Crippen MR) is 126 cm³/mol. The Kier molecular flexibility index (Phi) is 6.32. The van der Waals surface area contributed by atoms with Crippen LogP contribution < -0.4 is 5.32 Å². The summed E-state index contributed by atoms with van der Waals surface area (Å²) in [7, 11) is 0. The van der Waals surface area contributed by atoms with E-state index in [1.165, 1.54) is 6.08 Å². The van der Waals surface area contributed by atoms with Crippen molar-refractivity contribution in [3.05, 3.63) is 87.7 Å². The molecule has 162 valence electrons. The number of nitrogens with one attached hydrogen (secondary N) is 1. The molecule has 1 saturated heterocycles. The molecule has 0 spiro atoms. The van der Waals surface area contributed by atoms with Gasteiger partial charge in [0.15, 0.2) is 5.11 Å². The van der Waals surface area contributed by atoms with Gasteiger partial charge in [-0.3, -0.25) is 9.69 Å². The smallest absolute Gasteiger partial charge is 0.327 e. The number of amides is 1. The molecule has 1 aliphatic rings. The topological polar surface area (TPSA) is 82.8 Å². The van der Waals surface area contributed by atoms with Gasteiger partial charge < -0.3 is 14.8 Å². The van der Waals surface area contributed by atoms with Gasteiger partial charge in [-0.2, -0.15) is 0 Å². The van der Waals surface area contributed by atoms with E-state index in [2.05, 4.69) is 5.32 Å². The molecule has 0 radical (unpaired) electrons. The van der Waals surface area contributed by atoms with E-state index in [4.69, 9.17) is 39.8 Å². The molecule has 6 nitrogen and oxygen atoms in total. The average molecular weight is 487 g/mol. The highest BCUT2D eigenvalue weighted by Crippen LogP contribution is 2.30. The number of carbonyl (C=O) groups excluding carboxylic acids is 1. The minimum absolute atomic E-state index is 0.0286.